The normalized spacial score (nSPS) is 27.9. The fourth-order valence-electron chi connectivity index (χ4n) is 4.80. The SMILES string of the molecule is CC12CCC(c3nnc4c(Oc5cccc(F)c5)cccn34)(CC1)C2. The Labute approximate surface area is 145 Å². The highest BCUT2D eigenvalue weighted by Gasteiger charge is 2.54. The molecule has 0 unspecified atom stereocenters. The van der Waals surface area contributed by atoms with Gasteiger partial charge in [0.15, 0.2) is 5.75 Å². The lowest BCUT2D eigenvalue weighted by Gasteiger charge is -2.24. The molecular weight excluding hydrogens is 317 g/mol. The summed E-state index contributed by atoms with van der Waals surface area (Å²) in [6.07, 6.45) is 8.09. The number of halogens is 1. The first kappa shape index (κ1) is 14.9. The van der Waals surface area contributed by atoms with Crippen molar-refractivity contribution in [2.24, 2.45) is 5.41 Å². The predicted molar refractivity (Wildman–Crippen MR) is 92.3 cm³/mol. The van der Waals surface area contributed by atoms with E-state index in [9.17, 15) is 4.39 Å². The van der Waals surface area contributed by atoms with E-state index in [0.29, 0.717) is 22.6 Å². The number of rotatable bonds is 3. The van der Waals surface area contributed by atoms with E-state index in [1.165, 1.54) is 44.2 Å². The van der Waals surface area contributed by atoms with E-state index in [2.05, 4.69) is 21.5 Å². The molecule has 128 valence electrons. The van der Waals surface area contributed by atoms with Gasteiger partial charge in [-0.2, -0.15) is 0 Å². The van der Waals surface area contributed by atoms with Crippen molar-refractivity contribution in [1.82, 2.24) is 14.6 Å². The minimum Gasteiger partial charge on any atom is -0.453 e. The molecule has 5 heteroatoms. The van der Waals surface area contributed by atoms with Crippen LogP contribution in [0.15, 0.2) is 42.6 Å². The van der Waals surface area contributed by atoms with E-state index >= 15 is 0 Å². The molecule has 2 bridgehead atoms. The van der Waals surface area contributed by atoms with Gasteiger partial charge in [0.25, 0.3) is 0 Å². The van der Waals surface area contributed by atoms with Crippen LogP contribution in [0.2, 0.25) is 0 Å². The van der Waals surface area contributed by atoms with E-state index in [1.807, 2.05) is 18.3 Å². The summed E-state index contributed by atoms with van der Waals surface area (Å²) in [5.74, 6) is 1.79. The Morgan fingerprint density at radius 3 is 2.64 bits per heavy atom. The van der Waals surface area contributed by atoms with Gasteiger partial charge in [0, 0.05) is 17.7 Å². The van der Waals surface area contributed by atoms with Crippen LogP contribution >= 0.6 is 0 Å². The predicted octanol–water partition coefficient (Wildman–Crippen LogP) is 4.88. The van der Waals surface area contributed by atoms with Gasteiger partial charge in [0.2, 0.25) is 5.65 Å². The lowest BCUT2D eigenvalue weighted by Crippen LogP contribution is -2.23. The number of ether oxygens (including phenoxy) is 1. The highest BCUT2D eigenvalue weighted by molar-refractivity contribution is 5.55. The van der Waals surface area contributed by atoms with Gasteiger partial charge < -0.3 is 4.74 Å². The zero-order valence-corrected chi connectivity index (χ0v) is 14.2. The molecule has 0 spiro atoms. The zero-order chi connectivity index (χ0) is 17.1. The molecule has 5 rings (SSSR count). The van der Waals surface area contributed by atoms with E-state index in [0.717, 1.165) is 5.82 Å². The molecule has 2 aliphatic rings. The molecule has 1 aromatic carbocycles. The molecule has 2 aliphatic carbocycles. The first-order valence-corrected chi connectivity index (χ1v) is 8.85. The summed E-state index contributed by atoms with van der Waals surface area (Å²) in [4.78, 5) is 0. The average Bonchev–Trinajstić information content (AvgIpc) is 3.26. The first-order chi connectivity index (χ1) is 12.1. The van der Waals surface area contributed by atoms with Crippen LogP contribution in [0.25, 0.3) is 5.65 Å². The molecule has 0 aliphatic heterocycles. The van der Waals surface area contributed by atoms with Crippen molar-refractivity contribution in [3.8, 4) is 11.5 Å². The summed E-state index contributed by atoms with van der Waals surface area (Å²) in [6, 6.07) is 9.94. The van der Waals surface area contributed by atoms with Crippen LogP contribution in [0, 0.1) is 11.2 Å². The average molecular weight is 337 g/mol. The van der Waals surface area contributed by atoms with Crippen molar-refractivity contribution < 1.29 is 9.13 Å². The molecule has 2 heterocycles. The monoisotopic (exact) mass is 337 g/mol. The molecule has 0 radical (unpaired) electrons. The Balaban J connectivity index is 1.56. The maximum Gasteiger partial charge on any atom is 0.203 e. The van der Waals surface area contributed by atoms with Crippen molar-refractivity contribution in [2.75, 3.05) is 0 Å². The van der Waals surface area contributed by atoms with Crippen LogP contribution in [0.5, 0.6) is 11.5 Å². The second kappa shape index (κ2) is 5.04. The quantitative estimate of drug-likeness (QED) is 0.683. The van der Waals surface area contributed by atoms with Crippen molar-refractivity contribution in [3.63, 3.8) is 0 Å². The van der Waals surface area contributed by atoms with E-state index in [4.69, 9.17) is 4.74 Å². The maximum atomic E-state index is 13.4. The number of fused-ring (bicyclic) bond motifs is 3. The van der Waals surface area contributed by atoms with Gasteiger partial charge in [-0.05, 0) is 61.8 Å². The number of benzene rings is 1. The van der Waals surface area contributed by atoms with Crippen molar-refractivity contribution >= 4 is 5.65 Å². The molecule has 0 amide bonds. The third-order valence-electron chi connectivity index (χ3n) is 6.08. The third-order valence-corrected chi connectivity index (χ3v) is 6.08. The molecule has 3 aromatic rings. The minimum atomic E-state index is -0.318. The molecular formula is C20H20FN3O. The number of pyridine rings is 1. The number of aromatic nitrogens is 3. The van der Waals surface area contributed by atoms with Gasteiger partial charge in [-0.3, -0.25) is 4.40 Å². The summed E-state index contributed by atoms with van der Waals surface area (Å²) in [5, 5.41) is 8.97. The maximum absolute atomic E-state index is 13.4. The van der Waals surface area contributed by atoms with Crippen LogP contribution in [0.4, 0.5) is 4.39 Å². The summed E-state index contributed by atoms with van der Waals surface area (Å²) in [5.41, 5.74) is 1.30. The Bertz CT molecular complexity index is 956. The molecule has 0 N–H and O–H groups in total. The van der Waals surface area contributed by atoms with Gasteiger partial charge >= 0.3 is 0 Å². The molecule has 0 atom stereocenters. The number of hydrogen-bond acceptors (Lipinski definition) is 3. The summed E-state index contributed by atoms with van der Waals surface area (Å²) < 4.78 is 21.4. The van der Waals surface area contributed by atoms with E-state index in [1.54, 1.807) is 12.1 Å². The molecule has 0 saturated heterocycles. The van der Waals surface area contributed by atoms with Crippen LogP contribution in [0.3, 0.4) is 0 Å². The first-order valence-electron chi connectivity index (χ1n) is 8.85. The second-order valence-corrected chi connectivity index (χ2v) is 7.92. The number of nitrogens with zero attached hydrogens (tertiary/aromatic N) is 3. The lowest BCUT2D eigenvalue weighted by atomic mass is 9.82. The lowest BCUT2D eigenvalue weighted by molar-refractivity contribution is 0.325. The Morgan fingerprint density at radius 1 is 1.08 bits per heavy atom. The largest absolute Gasteiger partial charge is 0.453 e. The molecule has 2 fully saturated rings. The van der Waals surface area contributed by atoms with E-state index < -0.39 is 0 Å². The molecule has 25 heavy (non-hydrogen) atoms. The fourth-order valence-corrected chi connectivity index (χ4v) is 4.80. The fraction of sp³-hybridized carbons (Fsp3) is 0.400. The summed E-state index contributed by atoms with van der Waals surface area (Å²) in [6.45, 7) is 2.39. The van der Waals surface area contributed by atoms with Crippen LogP contribution in [0.1, 0.15) is 44.9 Å². The van der Waals surface area contributed by atoms with Crippen LogP contribution in [-0.2, 0) is 5.41 Å². The van der Waals surface area contributed by atoms with Crippen LogP contribution < -0.4 is 4.74 Å². The summed E-state index contributed by atoms with van der Waals surface area (Å²) >= 11 is 0. The highest BCUT2D eigenvalue weighted by Crippen LogP contribution is 2.61. The molecule has 2 saturated carbocycles. The molecule has 4 nitrogen and oxygen atoms in total. The van der Waals surface area contributed by atoms with Gasteiger partial charge in [-0.25, -0.2) is 4.39 Å². The minimum absolute atomic E-state index is 0.144. The smallest absolute Gasteiger partial charge is 0.203 e. The van der Waals surface area contributed by atoms with E-state index in [-0.39, 0.29) is 11.2 Å². The Morgan fingerprint density at radius 2 is 1.92 bits per heavy atom. The van der Waals surface area contributed by atoms with Gasteiger partial charge in [-0.15, -0.1) is 10.2 Å². The van der Waals surface area contributed by atoms with Gasteiger partial charge in [0.05, 0.1) is 0 Å². The number of hydrogen-bond donors (Lipinski definition) is 0. The third kappa shape index (κ3) is 2.25. The van der Waals surface area contributed by atoms with Gasteiger partial charge in [-0.1, -0.05) is 13.0 Å². The highest BCUT2D eigenvalue weighted by atomic mass is 19.1. The van der Waals surface area contributed by atoms with Crippen molar-refractivity contribution in [3.05, 3.63) is 54.2 Å². The zero-order valence-electron chi connectivity index (χ0n) is 14.2. The van der Waals surface area contributed by atoms with Crippen molar-refractivity contribution in [2.45, 2.75) is 44.4 Å². The van der Waals surface area contributed by atoms with Crippen LogP contribution in [-0.4, -0.2) is 14.6 Å². The second-order valence-electron chi connectivity index (χ2n) is 7.92. The summed E-state index contributed by atoms with van der Waals surface area (Å²) in [7, 11) is 0. The topological polar surface area (TPSA) is 39.4 Å². The standard InChI is InChI=1S/C20H20FN3O/c1-19-7-9-20(13-19,10-8-19)18-23-22-17-16(6-3-11-24(17)18)25-15-5-2-4-14(21)12-15/h2-6,11-12H,7-10,13H2,1H3. The Hall–Kier alpha value is -2.43. The molecule has 2 aromatic heterocycles. The van der Waals surface area contributed by atoms with Crippen molar-refractivity contribution in [1.29, 1.82) is 0 Å². The van der Waals surface area contributed by atoms with Gasteiger partial charge in [0.1, 0.15) is 17.4 Å². The Kier molecular flexibility index (Phi) is 3.00.